The molecule has 0 aromatic carbocycles. The molecule has 1 heterocycles. The van der Waals surface area contributed by atoms with Crippen molar-refractivity contribution in [2.45, 2.75) is 43.7 Å². The van der Waals surface area contributed by atoms with E-state index in [1.165, 1.54) is 12.8 Å². The molecule has 2 N–H and O–H groups in total. The number of hydrogen-bond donors (Lipinski definition) is 1. The van der Waals surface area contributed by atoms with Crippen LogP contribution in [0.2, 0.25) is 0 Å². The SMILES string of the molecule is COC1CCCC(CN)(N(C)CCc2ccccn2)C1. The summed E-state index contributed by atoms with van der Waals surface area (Å²) in [6, 6.07) is 6.09. The summed E-state index contributed by atoms with van der Waals surface area (Å²) in [6.45, 7) is 1.69. The van der Waals surface area contributed by atoms with E-state index in [2.05, 4.69) is 23.0 Å². The van der Waals surface area contributed by atoms with Gasteiger partial charge in [-0.05, 0) is 44.9 Å². The first-order valence-electron chi connectivity index (χ1n) is 7.54. The van der Waals surface area contributed by atoms with Gasteiger partial charge in [0.1, 0.15) is 0 Å². The molecule has 4 heteroatoms. The first-order chi connectivity index (χ1) is 9.70. The van der Waals surface area contributed by atoms with Crippen molar-refractivity contribution >= 4 is 0 Å². The van der Waals surface area contributed by atoms with Crippen LogP contribution in [0.25, 0.3) is 0 Å². The van der Waals surface area contributed by atoms with E-state index < -0.39 is 0 Å². The molecule has 0 saturated heterocycles. The quantitative estimate of drug-likeness (QED) is 0.862. The highest BCUT2D eigenvalue weighted by Crippen LogP contribution is 2.33. The zero-order valence-corrected chi connectivity index (χ0v) is 12.7. The Morgan fingerprint density at radius 1 is 1.50 bits per heavy atom. The Kier molecular flexibility index (Phi) is 5.52. The summed E-state index contributed by atoms with van der Waals surface area (Å²) in [4.78, 5) is 6.82. The standard InChI is InChI=1S/C16H27N3O/c1-19(11-8-14-6-3-4-10-18-14)16(13-17)9-5-7-15(12-16)20-2/h3-4,6,10,15H,5,7-9,11-13,17H2,1-2H3. The van der Waals surface area contributed by atoms with Gasteiger partial charge < -0.3 is 10.5 Å². The molecule has 2 unspecified atom stereocenters. The molecule has 2 rings (SSSR count). The van der Waals surface area contributed by atoms with Crippen LogP contribution in [0.3, 0.4) is 0 Å². The Hall–Kier alpha value is -0.970. The third-order valence-electron chi connectivity index (χ3n) is 4.73. The third kappa shape index (κ3) is 3.57. The molecule has 0 radical (unpaired) electrons. The Bertz CT molecular complexity index is 398. The highest BCUT2D eigenvalue weighted by molar-refractivity contribution is 5.04. The van der Waals surface area contributed by atoms with Crippen molar-refractivity contribution in [3.8, 4) is 0 Å². The minimum Gasteiger partial charge on any atom is -0.381 e. The van der Waals surface area contributed by atoms with Crippen LogP contribution in [0.15, 0.2) is 24.4 Å². The minimum absolute atomic E-state index is 0.0910. The molecular weight excluding hydrogens is 250 g/mol. The summed E-state index contributed by atoms with van der Waals surface area (Å²) in [7, 11) is 4.00. The summed E-state index contributed by atoms with van der Waals surface area (Å²) in [6.07, 6.45) is 7.74. The first kappa shape index (κ1) is 15.4. The van der Waals surface area contributed by atoms with Crippen LogP contribution in [0, 0.1) is 0 Å². The largest absolute Gasteiger partial charge is 0.381 e. The second-order valence-electron chi connectivity index (χ2n) is 5.88. The van der Waals surface area contributed by atoms with E-state index in [0.717, 1.165) is 31.5 Å². The van der Waals surface area contributed by atoms with Gasteiger partial charge in [0.05, 0.1) is 6.10 Å². The van der Waals surface area contributed by atoms with E-state index in [-0.39, 0.29) is 5.54 Å². The van der Waals surface area contributed by atoms with Gasteiger partial charge in [0.25, 0.3) is 0 Å². The van der Waals surface area contributed by atoms with Gasteiger partial charge in [0, 0.05) is 44.0 Å². The van der Waals surface area contributed by atoms with Crippen molar-refractivity contribution in [2.24, 2.45) is 5.73 Å². The summed E-state index contributed by atoms with van der Waals surface area (Å²) in [5.41, 5.74) is 7.35. The fraction of sp³-hybridized carbons (Fsp3) is 0.688. The molecule has 0 aliphatic heterocycles. The normalized spacial score (nSPS) is 26.9. The van der Waals surface area contributed by atoms with Crippen molar-refractivity contribution in [1.29, 1.82) is 0 Å². The molecule has 0 amide bonds. The summed E-state index contributed by atoms with van der Waals surface area (Å²) in [5.74, 6) is 0. The Labute approximate surface area is 122 Å². The molecule has 1 aromatic heterocycles. The van der Waals surface area contributed by atoms with Crippen molar-refractivity contribution in [1.82, 2.24) is 9.88 Å². The maximum absolute atomic E-state index is 6.11. The number of ether oxygens (including phenoxy) is 1. The van der Waals surface area contributed by atoms with Crippen molar-refractivity contribution in [3.63, 3.8) is 0 Å². The van der Waals surface area contributed by atoms with E-state index in [1.54, 1.807) is 0 Å². The summed E-state index contributed by atoms with van der Waals surface area (Å²) in [5, 5.41) is 0. The van der Waals surface area contributed by atoms with Gasteiger partial charge in [-0.15, -0.1) is 0 Å². The average Bonchev–Trinajstić information content (AvgIpc) is 2.53. The van der Waals surface area contributed by atoms with E-state index in [9.17, 15) is 0 Å². The zero-order chi connectivity index (χ0) is 14.4. The molecule has 112 valence electrons. The molecule has 0 spiro atoms. The average molecular weight is 277 g/mol. The topological polar surface area (TPSA) is 51.4 Å². The lowest BCUT2D eigenvalue weighted by Gasteiger charge is -2.46. The smallest absolute Gasteiger partial charge is 0.0589 e. The predicted octanol–water partition coefficient (Wildman–Crippen LogP) is 1.84. The lowest BCUT2D eigenvalue weighted by atomic mass is 9.78. The highest BCUT2D eigenvalue weighted by atomic mass is 16.5. The monoisotopic (exact) mass is 277 g/mol. The van der Waals surface area contributed by atoms with Gasteiger partial charge in [-0.25, -0.2) is 0 Å². The number of methoxy groups -OCH3 is 1. The van der Waals surface area contributed by atoms with Crippen molar-refractivity contribution in [2.75, 3.05) is 27.2 Å². The van der Waals surface area contributed by atoms with E-state index in [4.69, 9.17) is 10.5 Å². The number of aromatic nitrogens is 1. The molecular formula is C16H27N3O. The van der Waals surface area contributed by atoms with Gasteiger partial charge in [0.2, 0.25) is 0 Å². The fourth-order valence-electron chi connectivity index (χ4n) is 3.24. The van der Waals surface area contributed by atoms with Crippen LogP contribution >= 0.6 is 0 Å². The Morgan fingerprint density at radius 2 is 2.35 bits per heavy atom. The number of pyridine rings is 1. The molecule has 1 saturated carbocycles. The lowest BCUT2D eigenvalue weighted by molar-refractivity contribution is -0.0115. The van der Waals surface area contributed by atoms with Crippen LogP contribution in [-0.2, 0) is 11.2 Å². The van der Waals surface area contributed by atoms with Crippen LogP contribution in [-0.4, -0.2) is 48.8 Å². The maximum Gasteiger partial charge on any atom is 0.0589 e. The van der Waals surface area contributed by atoms with Crippen LogP contribution in [0.5, 0.6) is 0 Å². The molecule has 1 aromatic rings. The van der Waals surface area contributed by atoms with Crippen molar-refractivity contribution < 1.29 is 4.74 Å². The Balaban J connectivity index is 1.96. The fourth-order valence-corrected chi connectivity index (χ4v) is 3.24. The van der Waals surface area contributed by atoms with Crippen LogP contribution < -0.4 is 5.73 Å². The van der Waals surface area contributed by atoms with Crippen molar-refractivity contribution in [3.05, 3.63) is 30.1 Å². The molecule has 1 fully saturated rings. The Morgan fingerprint density at radius 3 is 3.00 bits per heavy atom. The molecule has 20 heavy (non-hydrogen) atoms. The first-order valence-corrected chi connectivity index (χ1v) is 7.54. The molecule has 1 aliphatic rings. The minimum atomic E-state index is 0.0910. The second-order valence-corrected chi connectivity index (χ2v) is 5.88. The number of rotatable bonds is 6. The predicted molar refractivity (Wildman–Crippen MR) is 81.6 cm³/mol. The van der Waals surface area contributed by atoms with Gasteiger partial charge >= 0.3 is 0 Å². The van der Waals surface area contributed by atoms with Gasteiger partial charge in [-0.3, -0.25) is 9.88 Å². The van der Waals surface area contributed by atoms with Gasteiger partial charge in [-0.1, -0.05) is 6.07 Å². The molecule has 0 bridgehead atoms. The highest BCUT2D eigenvalue weighted by Gasteiger charge is 2.38. The summed E-state index contributed by atoms with van der Waals surface area (Å²) >= 11 is 0. The molecule has 4 nitrogen and oxygen atoms in total. The summed E-state index contributed by atoms with van der Waals surface area (Å²) < 4.78 is 5.57. The number of likely N-dealkylation sites (N-methyl/N-ethyl adjacent to an activating group) is 1. The van der Waals surface area contributed by atoms with Crippen LogP contribution in [0.1, 0.15) is 31.4 Å². The zero-order valence-electron chi connectivity index (χ0n) is 12.7. The third-order valence-corrected chi connectivity index (χ3v) is 4.73. The molecule has 2 atom stereocenters. The molecule has 1 aliphatic carbocycles. The number of nitrogens with two attached hydrogens (primary N) is 1. The second kappa shape index (κ2) is 7.16. The van der Waals surface area contributed by atoms with Crippen LogP contribution in [0.4, 0.5) is 0 Å². The van der Waals surface area contributed by atoms with E-state index >= 15 is 0 Å². The number of hydrogen-bond acceptors (Lipinski definition) is 4. The maximum atomic E-state index is 6.11. The van der Waals surface area contributed by atoms with E-state index in [0.29, 0.717) is 12.6 Å². The lowest BCUT2D eigenvalue weighted by Crippen LogP contribution is -2.56. The van der Waals surface area contributed by atoms with Gasteiger partial charge in [-0.2, -0.15) is 0 Å². The van der Waals surface area contributed by atoms with E-state index in [1.807, 2.05) is 25.4 Å². The van der Waals surface area contributed by atoms with Gasteiger partial charge in [0.15, 0.2) is 0 Å². The number of nitrogens with zero attached hydrogens (tertiary/aromatic N) is 2.